The molecule has 0 unspecified atom stereocenters. The predicted octanol–water partition coefficient (Wildman–Crippen LogP) is 2.50. The van der Waals surface area contributed by atoms with E-state index in [0.717, 1.165) is 21.9 Å². The number of anilines is 2. The number of carbonyl (C=O) groups is 1. The molecule has 0 saturated carbocycles. The predicted molar refractivity (Wildman–Crippen MR) is 96.4 cm³/mol. The maximum Gasteiger partial charge on any atom is 0.335 e. The Bertz CT molecular complexity index is 1120. The van der Waals surface area contributed by atoms with Gasteiger partial charge >= 0.3 is 5.97 Å². The van der Waals surface area contributed by atoms with Crippen LogP contribution in [0.2, 0.25) is 0 Å². The number of hydrogen-bond donors (Lipinski definition) is 3. The van der Waals surface area contributed by atoms with E-state index >= 15 is 0 Å². The summed E-state index contributed by atoms with van der Waals surface area (Å²) < 4.78 is 2.07. The minimum atomic E-state index is -0.931. The Hall–Kier alpha value is -3.61. The lowest BCUT2D eigenvalue weighted by Gasteiger charge is -2.08. The number of nitrogens with two attached hydrogens (primary N) is 2. The summed E-state index contributed by atoms with van der Waals surface area (Å²) in [6.45, 7) is 0.616. The first kappa shape index (κ1) is 14.9. The van der Waals surface area contributed by atoms with Crippen LogP contribution in [-0.4, -0.2) is 25.6 Å². The molecule has 7 nitrogen and oxygen atoms in total. The van der Waals surface area contributed by atoms with E-state index in [1.54, 1.807) is 12.1 Å². The SMILES string of the molecule is Nc1nc(N)c2c(ccc3c2ccn3Cc2ccc(C(=O)O)cc2)n1. The van der Waals surface area contributed by atoms with Gasteiger partial charge in [-0.25, -0.2) is 9.78 Å². The van der Waals surface area contributed by atoms with Crippen molar-refractivity contribution < 1.29 is 9.90 Å². The van der Waals surface area contributed by atoms with Crippen LogP contribution in [0.1, 0.15) is 15.9 Å². The quantitative estimate of drug-likeness (QED) is 0.530. The average Bonchev–Trinajstić information content (AvgIpc) is 2.97. The van der Waals surface area contributed by atoms with Crippen molar-refractivity contribution in [3.63, 3.8) is 0 Å². The van der Waals surface area contributed by atoms with Crippen molar-refractivity contribution in [2.45, 2.75) is 6.54 Å². The zero-order chi connectivity index (χ0) is 17.6. The summed E-state index contributed by atoms with van der Waals surface area (Å²) in [6.07, 6.45) is 1.96. The molecule has 0 amide bonds. The molecule has 0 aliphatic heterocycles. The minimum Gasteiger partial charge on any atom is -0.478 e. The normalized spacial score (nSPS) is 11.2. The number of hydrogen-bond acceptors (Lipinski definition) is 5. The number of carboxylic acid groups (broad SMARTS) is 1. The van der Waals surface area contributed by atoms with E-state index in [9.17, 15) is 4.79 Å². The molecule has 0 aliphatic carbocycles. The number of nitrogen functional groups attached to an aromatic ring is 2. The molecule has 5 N–H and O–H groups in total. The van der Waals surface area contributed by atoms with Crippen molar-refractivity contribution in [3.05, 3.63) is 59.8 Å². The van der Waals surface area contributed by atoms with Crippen LogP contribution in [0.3, 0.4) is 0 Å². The largest absolute Gasteiger partial charge is 0.478 e. The fraction of sp³-hybridized carbons (Fsp3) is 0.0556. The Morgan fingerprint density at radius 3 is 2.52 bits per heavy atom. The highest BCUT2D eigenvalue weighted by Gasteiger charge is 2.11. The lowest BCUT2D eigenvalue weighted by atomic mass is 10.1. The molecule has 0 radical (unpaired) electrons. The molecule has 2 aromatic carbocycles. The third kappa shape index (κ3) is 2.51. The smallest absolute Gasteiger partial charge is 0.335 e. The summed E-state index contributed by atoms with van der Waals surface area (Å²) in [5.74, 6) is -0.418. The van der Waals surface area contributed by atoms with Gasteiger partial charge in [-0.05, 0) is 35.9 Å². The maximum absolute atomic E-state index is 10.9. The van der Waals surface area contributed by atoms with E-state index in [0.29, 0.717) is 17.9 Å². The molecule has 0 atom stereocenters. The van der Waals surface area contributed by atoms with Crippen LogP contribution < -0.4 is 11.5 Å². The maximum atomic E-state index is 10.9. The Balaban J connectivity index is 1.78. The highest BCUT2D eigenvalue weighted by atomic mass is 16.4. The van der Waals surface area contributed by atoms with E-state index in [1.165, 1.54) is 0 Å². The number of carboxylic acids is 1. The first-order chi connectivity index (χ1) is 12.0. The number of benzene rings is 2. The summed E-state index contributed by atoms with van der Waals surface area (Å²) >= 11 is 0. The van der Waals surface area contributed by atoms with Crippen LogP contribution >= 0.6 is 0 Å². The van der Waals surface area contributed by atoms with Gasteiger partial charge in [-0.3, -0.25) is 0 Å². The summed E-state index contributed by atoms with van der Waals surface area (Å²) in [5.41, 5.74) is 14.7. The van der Waals surface area contributed by atoms with Gasteiger partial charge < -0.3 is 21.1 Å². The Labute approximate surface area is 142 Å². The molecule has 25 heavy (non-hydrogen) atoms. The summed E-state index contributed by atoms with van der Waals surface area (Å²) in [5, 5.41) is 10.7. The lowest BCUT2D eigenvalue weighted by molar-refractivity contribution is 0.0697. The molecule has 0 spiro atoms. The summed E-state index contributed by atoms with van der Waals surface area (Å²) in [7, 11) is 0. The van der Waals surface area contributed by atoms with E-state index in [-0.39, 0.29) is 11.5 Å². The van der Waals surface area contributed by atoms with Crippen LogP contribution in [0.4, 0.5) is 11.8 Å². The Morgan fingerprint density at radius 2 is 1.80 bits per heavy atom. The van der Waals surface area contributed by atoms with E-state index in [2.05, 4.69) is 14.5 Å². The van der Waals surface area contributed by atoms with Crippen molar-refractivity contribution in [2.24, 2.45) is 0 Å². The van der Waals surface area contributed by atoms with Crippen molar-refractivity contribution in [2.75, 3.05) is 11.5 Å². The molecular weight excluding hydrogens is 318 g/mol. The fourth-order valence-corrected chi connectivity index (χ4v) is 3.04. The van der Waals surface area contributed by atoms with Gasteiger partial charge in [0.25, 0.3) is 0 Å². The number of rotatable bonds is 3. The first-order valence-electron chi connectivity index (χ1n) is 7.66. The zero-order valence-electron chi connectivity index (χ0n) is 13.2. The van der Waals surface area contributed by atoms with Crippen molar-refractivity contribution in [1.82, 2.24) is 14.5 Å². The van der Waals surface area contributed by atoms with Gasteiger partial charge in [0.1, 0.15) is 5.82 Å². The van der Waals surface area contributed by atoms with Crippen molar-refractivity contribution in [1.29, 1.82) is 0 Å². The van der Waals surface area contributed by atoms with Gasteiger partial charge in [-0.2, -0.15) is 4.98 Å². The molecule has 2 heterocycles. The Morgan fingerprint density at radius 1 is 1.04 bits per heavy atom. The van der Waals surface area contributed by atoms with Crippen LogP contribution in [0.5, 0.6) is 0 Å². The molecule has 0 fully saturated rings. The molecule has 7 heteroatoms. The third-order valence-electron chi connectivity index (χ3n) is 4.21. The van der Waals surface area contributed by atoms with Gasteiger partial charge in [0.2, 0.25) is 5.95 Å². The Kier molecular flexibility index (Phi) is 3.28. The molecule has 124 valence electrons. The molecule has 0 saturated heterocycles. The van der Waals surface area contributed by atoms with Crippen LogP contribution in [0.25, 0.3) is 21.8 Å². The second kappa shape index (κ2) is 5.48. The van der Waals surface area contributed by atoms with Crippen LogP contribution in [-0.2, 0) is 6.54 Å². The van der Waals surface area contributed by atoms with Gasteiger partial charge in [0.05, 0.1) is 16.5 Å². The molecule has 4 rings (SSSR count). The monoisotopic (exact) mass is 333 g/mol. The van der Waals surface area contributed by atoms with Crippen LogP contribution in [0.15, 0.2) is 48.7 Å². The third-order valence-corrected chi connectivity index (χ3v) is 4.21. The topological polar surface area (TPSA) is 120 Å². The summed E-state index contributed by atoms with van der Waals surface area (Å²) in [4.78, 5) is 19.2. The van der Waals surface area contributed by atoms with Gasteiger partial charge in [-0.15, -0.1) is 0 Å². The molecule has 2 aromatic heterocycles. The van der Waals surface area contributed by atoms with E-state index < -0.39 is 5.97 Å². The first-order valence-corrected chi connectivity index (χ1v) is 7.66. The highest BCUT2D eigenvalue weighted by Crippen LogP contribution is 2.29. The number of aromatic carboxylic acids is 1. The van der Waals surface area contributed by atoms with Gasteiger partial charge in [-0.1, -0.05) is 12.1 Å². The molecular formula is C18H15N5O2. The van der Waals surface area contributed by atoms with Crippen molar-refractivity contribution >= 4 is 39.5 Å². The highest BCUT2D eigenvalue weighted by molar-refractivity contribution is 6.10. The van der Waals surface area contributed by atoms with Crippen molar-refractivity contribution in [3.8, 4) is 0 Å². The second-order valence-electron chi connectivity index (χ2n) is 5.81. The number of nitrogens with zero attached hydrogens (tertiary/aromatic N) is 3. The van der Waals surface area contributed by atoms with E-state index in [4.69, 9.17) is 16.6 Å². The molecule has 0 aliphatic rings. The molecule has 4 aromatic rings. The zero-order valence-corrected chi connectivity index (χ0v) is 13.2. The molecule has 0 bridgehead atoms. The standard InChI is InChI=1S/C18H15N5O2/c19-16-15-12-7-8-23(9-10-1-3-11(4-2-10)17(24)25)14(12)6-5-13(15)21-18(20)22-16/h1-8H,9H2,(H,24,25)(H4,19,20,21,22). The van der Waals surface area contributed by atoms with Gasteiger partial charge in [0.15, 0.2) is 0 Å². The van der Waals surface area contributed by atoms with E-state index in [1.807, 2.05) is 36.5 Å². The number of fused-ring (bicyclic) bond motifs is 3. The summed E-state index contributed by atoms with van der Waals surface area (Å²) in [6, 6.07) is 12.6. The average molecular weight is 333 g/mol. The minimum absolute atomic E-state index is 0.155. The number of aromatic nitrogens is 3. The van der Waals surface area contributed by atoms with Crippen LogP contribution in [0, 0.1) is 0 Å². The second-order valence-corrected chi connectivity index (χ2v) is 5.81. The fourth-order valence-electron chi connectivity index (χ4n) is 3.04. The lowest BCUT2D eigenvalue weighted by Crippen LogP contribution is -2.02. The van der Waals surface area contributed by atoms with Gasteiger partial charge in [0, 0.05) is 23.6 Å².